The monoisotopic (exact) mass is 364 g/mol. The molecule has 2 rings (SSSR count). The summed E-state index contributed by atoms with van der Waals surface area (Å²) in [5, 5.41) is 0. The van der Waals surface area contributed by atoms with Crippen molar-refractivity contribution in [2.45, 2.75) is 53.4 Å². The van der Waals surface area contributed by atoms with Gasteiger partial charge in [0.15, 0.2) is 0 Å². The third kappa shape index (κ3) is 3.48. The van der Waals surface area contributed by atoms with Gasteiger partial charge in [-0.2, -0.15) is 0 Å². The summed E-state index contributed by atoms with van der Waals surface area (Å²) >= 11 is 0. The van der Waals surface area contributed by atoms with Crippen molar-refractivity contribution in [3.63, 3.8) is 0 Å². The van der Waals surface area contributed by atoms with Crippen LogP contribution in [0.2, 0.25) is 0 Å². The van der Waals surface area contributed by atoms with Gasteiger partial charge in [-0.3, -0.25) is 10.2 Å². The summed E-state index contributed by atoms with van der Waals surface area (Å²) in [5.74, 6) is 0.458. The Labute approximate surface area is 148 Å². The standard InChI is InChI=1S/C18H24N2O4S/c1-9-8-16(15(7)24-9)18(21)19-20-25(22,23)17-13(5)11(3)10(2)12(4)14(17)6/h8,20H,1-7H3,(H,19,21). The number of carbonyl (C=O) groups is 1. The minimum absolute atomic E-state index is 0.202. The van der Waals surface area contributed by atoms with Gasteiger partial charge < -0.3 is 4.42 Å². The van der Waals surface area contributed by atoms with Crippen molar-refractivity contribution in [2.24, 2.45) is 0 Å². The van der Waals surface area contributed by atoms with Crippen molar-refractivity contribution in [2.75, 3.05) is 0 Å². The number of nitrogens with one attached hydrogen (secondary N) is 2. The van der Waals surface area contributed by atoms with Crippen LogP contribution in [0, 0.1) is 48.5 Å². The maximum absolute atomic E-state index is 12.8. The molecule has 0 aliphatic heterocycles. The first-order chi connectivity index (χ1) is 11.5. The zero-order chi connectivity index (χ0) is 19.1. The molecule has 1 aromatic heterocycles. The molecular weight excluding hydrogens is 340 g/mol. The molecule has 2 N–H and O–H groups in total. The molecule has 0 radical (unpaired) electrons. The van der Waals surface area contributed by atoms with Crippen LogP contribution in [0.15, 0.2) is 15.4 Å². The number of hydrazine groups is 1. The number of aryl methyl sites for hydroxylation is 2. The summed E-state index contributed by atoms with van der Waals surface area (Å²) in [6, 6.07) is 1.57. The highest BCUT2D eigenvalue weighted by atomic mass is 32.2. The van der Waals surface area contributed by atoms with E-state index >= 15 is 0 Å². The molecule has 0 unspecified atom stereocenters. The van der Waals surface area contributed by atoms with Gasteiger partial charge in [-0.05, 0) is 82.3 Å². The molecule has 0 aliphatic rings. The zero-order valence-corrected chi connectivity index (χ0v) is 16.4. The minimum atomic E-state index is -3.91. The second-order valence-corrected chi connectivity index (χ2v) is 7.96. The fraction of sp³-hybridized carbons (Fsp3) is 0.389. The Balaban J connectivity index is 2.35. The second kappa shape index (κ2) is 6.65. The lowest BCUT2D eigenvalue weighted by Crippen LogP contribution is -2.42. The highest BCUT2D eigenvalue weighted by Crippen LogP contribution is 2.29. The van der Waals surface area contributed by atoms with E-state index in [1.165, 1.54) is 0 Å². The van der Waals surface area contributed by atoms with Crippen LogP contribution < -0.4 is 10.3 Å². The average Bonchev–Trinajstić information content (AvgIpc) is 2.87. The first kappa shape index (κ1) is 19.2. The number of hydrogen-bond acceptors (Lipinski definition) is 4. The molecule has 6 nitrogen and oxygen atoms in total. The van der Waals surface area contributed by atoms with Crippen LogP contribution in [0.1, 0.15) is 49.7 Å². The van der Waals surface area contributed by atoms with Gasteiger partial charge >= 0.3 is 0 Å². The molecule has 136 valence electrons. The molecule has 0 spiro atoms. The smallest absolute Gasteiger partial charge is 0.269 e. The Bertz CT molecular complexity index is 927. The van der Waals surface area contributed by atoms with E-state index in [2.05, 4.69) is 10.3 Å². The lowest BCUT2D eigenvalue weighted by atomic mass is 9.95. The quantitative estimate of drug-likeness (QED) is 0.816. The summed E-state index contributed by atoms with van der Waals surface area (Å²) in [5.41, 5.74) is 6.84. The fourth-order valence-electron chi connectivity index (χ4n) is 2.96. The van der Waals surface area contributed by atoms with Gasteiger partial charge in [-0.1, -0.05) is 0 Å². The molecule has 0 atom stereocenters. The maximum Gasteiger partial charge on any atom is 0.269 e. The summed E-state index contributed by atoms with van der Waals surface area (Å²) in [7, 11) is -3.91. The molecular formula is C18H24N2O4S. The van der Waals surface area contributed by atoms with Gasteiger partial charge in [-0.15, -0.1) is 4.83 Å². The normalized spacial score (nSPS) is 11.6. The van der Waals surface area contributed by atoms with E-state index in [0.29, 0.717) is 28.2 Å². The number of sulfonamides is 1. The van der Waals surface area contributed by atoms with E-state index in [1.807, 2.05) is 20.8 Å². The third-order valence-corrected chi connectivity index (χ3v) is 6.31. The Kier molecular flexibility index (Phi) is 5.11. The molecule has 25 heavy (non-hydrogen) atoms. The van der Waals surface area contributed by atoms with Crippen LogP contribution in [0.5, 0.6) is 0 Å². The Morgan fingerprint density at radius 1 is 0.880 bits per heavy atom. The molecule has 7 heteroatoms. The number of amides is 1. The van der Waals surface area contributed by atoms with E-state index < -0.39 is 15.9 Å². The number of furan rings is 1. The summed E-state index contributed by atoms with van der Waals surface area (Å²) in [6.45, 7) is 12.7. The summed E-state index contributed by atoms with van der Waals surface area (Å²) in [4.78, 5) is 14.6. The molecule has 0 aliphatic carbocycles. The van der Waals surface area contributed by atoms with Gasteiger partial charge in [0.2, 0.25) is 0 Å². The molecule has 0 saturated carbocycles. The van der Waals surface area contributed by atoms with Crippen LogP contribution in [0.3, 0.4) is 0 Å². The topological polar surface area (TPSA) is 88.4 Å². The number of rotatable bonds is 4. The SMILES string of the molecule is Cc1cc(C(=O)NNS(=O)(=O)c2c(C)c(C)c(C)c(C)c2C)c(C)o1. The van der Waals surface area contributed by atoms with E-state index in [1.54, 1.807) is 33.8 Å². The van der Waals surface area contributed by atoms with Gasteiger partial charge in [-0.25, -0.2) is 8.42 Å². The lowest BCUT2D eigenvalue weighted by molar-refractivity contribution is 0.0943. The van der Waals surface area contributed by atoms with Gasteiger partial charge in [0.1, 0.15) is 11.5 Å². The minimum Gasteiger partial charge on any atom is -0.466 e. The maximum atomic E-state index is 12.8. The number of hydrogen-bond donors (Lipinski definition) is 2. The molecule has 1 amide bonds. The van der Waals surface area contributed by atoms with Crippen molar-refractivity contribution in [3.8, 4) is 0 Å². The van der Waals surface area contributed by atoms with Crippen LogP contribution >= 0.6 is 0 Å². The lowest BCUT2D eigenvalue weighted by Gasteiger charge is -2.19. The van der Waals surface area contributed by atoms with Crippen LogP contribution in [-0.2, 0) is 10.0 Å². The molecule has 2 aromatic rings. The third-order valence-electron chi connectivity index (χ3n) is 4.78. The van der Waals surface area contributed by atoms with Gasteiger partial charge in [0.25, 0.3) is 15.9 Å². The van der Waals surface area contributed by atoms with Crippen molar-refractivity contribution in [1.82, 2.24) is 10.3 Å². The van der Waals surface area contributed by atoms with Crippen molar-refractivity contribution in [1.29, 1.82) is 0 Å². The summed E-state index contributed by atoms with van der Waals surface area (Å²) in [6.07, 6.45) is 0. The fourth-order valence-corrected chi connectivity index (χ4v) is 4.40. The Morgan fingerprint density at radius 2 is 1.36 bits per heavy atom. The van der Waals surface area contributed by atoms with E-state index in [4.69, 9.17) is 4.42 Å². The molecule has 1 aromatic carbocycles. The van der Waals surface area contributed by atoms with Crippen LogP contribution in [0.25, 0.3) is 0 Å². The molecule has 0 saturated heterocycles. The molecule has 0 fully saturated rings. The van der Waals surface area contributed by atoms with Crippen molar-refractivity contribution in [3.05, 3.63) is 51.0 Å². The number of carbonyl (C=O) groups excluding carboxylic acids is 1. The number of benzene rings is 1. The largest absolute Gasteiger partial charge is 0.466 e. The first-order valence-corrected chi connectivity index (χ1v) is 9.41. The molecule has 0 bridgehead atoms. The zero-order valence-electron chi connectivity index (χ0n) is 15.6. The van der Waals surface area contributed by atoms with E-state index in [0.717, 1.165) is 16.7 Å². The predicted octanol–water partition coefficient (Wildman–Crippen LogP) is 3.06. The van der Waals surface area contributed by atoms with Gasteiger partial charge in [0, 0.05) is 0 Å². The van der Waals surface area contributed by atoms with E-state index in [9.17, 15) is 13.2 Å². The highest BCUT2D eigenvalue weighted by Gasteiger charge is 2.24. The van der Waals surface area contributed by atoms with Crippen molar-refractivity contribution < 1.29 is 17.6 Å². The molecule has 1 heterocycles. The predicted molar refractivity (Wildman–Crippen MR) is 96.1 cm³/mol. The summed E-state index contributed by atoms with van der Waals surface area (Å²) < 4.78 is 30.8. The first-order valence-electron chi connectivity index (χ1n) is 7.93. The Morgan fingerprint density at radius 3 is 1.80 bits per heavy atom. The van der Waals surface area contributed by atoms with E-state index in [-0.39, 0.29) is 4.90 Å². The van der Waals surface area contributed by atoms with Gasteiger partial charge in [0.05, 0.1) is 10.5 Å². The highest BCUT2D eigenvalue weighted by molar-refractivity contribution is 7.89. The van der Waals surface area contributed by atoms with Crippen LogP contribution in [0.4, 0.5) is 0 Å². The van der Waals surface area contributed by atoms with Crippen molar-refractivity contribution >= 4 is 15.9 Å². The average molecular weight is 364 g/mol. The second-order valence-electron chi connectivity index (χ2n) is 6.34. The van der Waals surface area contributed by atoms with Crippen LogP contribution in [-0.4, -0.2) is 14.3 Å². The Hall–Kier alpha value is -2.12.